The molecule has 158 valence electrons. The van der Waals surface area contributed by atoms with Crippen molar-refractivity contribution in [1.29, 1.82) is 0 Å². The monoisotopic (exact) mass is 431 g/mol. The van der Waals surface area contributed by atoms with Gasteiger partial charge in [0.1, 0.15) is 12.4 Å². The van der Waals surface area contributed by atoms with Gasteiger partial charge in [-0.3, -0.25) is 9.00 Å². The van der Waals surface area contributed by atoms with E-state index in [0.717, 1.165) is 0 Å². The number of nitrogens with two attached hydrogens (primary N) is 1. The fourth-order valence-electron chi connectivity index (χ4n) is 2.91. The SMILES string of the molecule is NCCOc1cnc2ccc(C(=O)c3cccc(CCCNS(=O)[O-])c3F)cc2n1. The first-order valence-electron chi connectivity index (χ1n) is 9.24. The van der Waals surface area contributed by atoms with Crippen LogP contribution in [-0.2, 0) is 17.7 Å². The largest absolute Gasteiger partial charge is 0.760 e. The van der Waals surface area contributed by atoms with Crippen LogP contribution in [0.15, 0.2) is 42.6 Å². The maximum atomic E-state index is 14.9. The average molecular weight is 431 g/mol. The Kier molecular flexibility index (Phi) is 7.52. The van der Waals surface area contributed by atoms with E-state index in [-0.39, 0.29) is 24.3 Å². The molecule has 1 aromatic heterocycles. The van der Waals surface area contributed by atoms with Crippen LogP contribution in [-0.4, -0.2) is 44.2 Å². The normalized spacial score (nSPS) is 12.1. The number of carbonyl (C=O) groups excluding carboxylic acids is 1. The highest BCUT2D eigenvalue weighted by molar-refractivity contribution is 7.77. The summed E-state index contributed by atoms with van der Waals surface area (Å²) in [6.45, 7) is 0.807. The van der Waals surface area contributed by atoms with Crippen molar-refractivity contribution >= 4 is 28.1 Å². The molecule has 2 aromatic carbocycles. The number of nitrogens with one attached hydrogen (secondary N) is 1. The van der Waals surface area contributed by atoms with Crippen LogP contribution < -0.4 is 15.2 Å². The Labute approximate surface area is 175 Å². The lowest BCUT2D eigenvalue weighted by Gasteiger charge is -2.10. The summed E-state index contributed by atoms with van der Waals surface area (Å²) in [6.07, 6.45) is 2.17. The fourth-order valence-corrected chi connectivity index (χ4v) is 3.22. The summed E-state index contributed by atoms with van der Waals surface area (Å²) in [5, 5.41) is 0. The third-order valence-corrected chi connectivity index (χ3v) is 4.76. The second-order valence-electron chi connectivity index (χ2n) is 6.39. The molecule has 0 aliphatic heterocycles. The van der Waals surface area contributed by atoms with Crippen molar-refractivity contribution in [2.75, 3.05) is 19.7 Å². The van der Waals surface area contributed by atoms with E-state index >= 15 is 0 Å². The van der Waals surface area contributed by atoms with Crippen LogP contribution in [0, 0.1) is 5.82 Å². The van der Waals surface area contributed by atoms with Crippen LogP contribution in [0.2, 0.25) is 0 Å². The first-order valence-corrected chi connectivity index (χ1v) is 10.3. The van der Waals surface area contributed by atoms with E-state index in [2.05, 4.69) is 14.7 Å². The van der Waals surface area contributed by atoms with Gasteiger partial charge in [-0.05, 0) is 42.7 Å². The Balaban J connectivity index is 1.82. The molecule has 0 bridgehead atoms. The second kappa shape index (κ2) is 10.3. The second-order valence-corrected chi connectivity index (χ2v) is 7.15. The molecule has 0 saturated heterocycles. The molecule has 0 fully saturated rings. The summed E-state index contributed by atoms with van der Waals surface area (Å²) in [7, 11) is 0. The van der Waals surface area contributed by atoms with E-state index in [1.807, 2.05) is 0 Å². The van der Waals surface area contributed by atoms with Crippen LogP contribution in [0.4, 0.5) is 4.39 Å². The summed E-state index contributed by atoms with van der Waals surface area (Å²) in [6, 6.07) is 9.35. The molecule has 0 aliphatic rings. The maximum absolute atomic E-state index is 14.9. The van der Waals surface area contributed by atoms with Crippen molar-refractivity contribution in [3.8, 4) is 5.88 Å². The molecule has 0 saturated carbocycles. The van der Waals surface area contributed by atoms with Crippen molar-refractivity contribution in [2.24, 2.45) is 5.73 Å². The predicted octanol–water partition coefficient (Wildman–Crippen LogP) is 1.65. The molecule has 1 atom stereocenters. The van der Waals surface area contributed by atoms with Gasteiger partial charge < -0.3 is 15.0 Å². The molecule has 3 N–H and O–H groups in total. The maximum Gasteiger partial charge on any atom is 0.232 e. The lowest BCUT2D eigenvalue weighted by Crippen LogP contribution is -2.18. The van der Waals surface area contributed by atoms with Gasteiger partial charge in [-0.2, -0.15) is 0 Å². The molecular weight excluding hydrogens is 411 g/mol. The zero-order chi connectivity index (χ0) is 21.5. The standard InChI is InChI=1S/C20H21FN4O4S/c21-19-13(4-2-9-24-30(27)28)3-1-5-15(19)20(26)14-6-7-16-17(11-14)25-18(12-23-16)29-10-8-22/h1,3,5-7,11-12,24H,2,4,8-10,22H2,(H,27,28)/p-1. The number of halogens is 1. The van der Waals surface area contributed by atoms with Gasteiger partial charge in [-0.1, -0.05) is 12.1 Å². The molecule has 0 spiro atoms. The molecule has 30 heavy (non-hydrogen) atoms. The molecule has 10 heteroatoms. The molecule has 3 rings (SSSR count). The van der Waals surface area contributed by atoms with Crippen molar-refractivity contribution in [1.82, 2.24) is 14.7 Å². The molecule has 8 nitrogen and oxygen atoms in total. The van der Waals surface area contributed by atoms with E-state index in [1.54, 1.807) is 30.3 Å². The van der Waals surface area contributed by atoms with Gasteiger partial charge >= 0.3 is 0 Å². The summed E-state index contributed by atoms with van der Waals surface area (Å²) in [5.74, 6) is -0.805. The highest BCUT2D eigenvalue weighted by atomic mass is 32.2. The van der Waals surface area contributed by atoms with Crippen molar-refractivity contribution < 1.29 is 22.7 Å². The van der Waals surface area contributed by atoms with Crippen LogP contribution in [0.3, 0.4) is 0 Å². The minimum absolute atomic E-state index is 0.0595. The van der Waals surface area contributed by atoms with Crippen LogP contribution in [0.25, 0.3) is 11.0 Å². The zero-order valence-corrected chi connectivity index (χ0v) is 16.8. The van der Waals surface area contributed by atoms with Crippen LogP contribution >= 0.6 is 0 Å². The third kappa shape index (κ3) is 5.42. The molecule has 3 aromatic rings. The Bertz CT molecular complexity index is 1080. The average Bonchev–Trinajstić information content (AvgIpc) is 2.75. The van der Waals surface area contributed by atoms with Gasteiger partial charge in [0, 0.05) is 29.9 Å². The van der Waals surface area contributed by atoms with E-state index in [0.29, 0.717) is 41.9 Å². The molecule has 0 aliphatic carbocycles. The zero-order valence-electron chi connectivity index (χ0n) is 16.0. The summed E-state index contributed by atoms with van der Waals surface area (Å²) >= 11 is -2.36. The lowest BCUT2D eigenvalue weighted by atomic mass is 9.98. The number of rotatable bonds is 10. The van der Waals surface area contributed by atoms with Crippen LogP contribution in [0.1, 0.15) is 27.9 Å². The number of benzene rings is 2. The van der Waals surface area contributed by atoms with Crippen molar-refractivity contribution in [3.05, 3.63) is 65.1 Å². The number of fused-ring (bicyclic) bond motifs is 1. The summed E-state index contributed by atoms with van der Waals surface area (Å²) in [4.78, 5) is 21.4. The topological polar surface area (TPSA) is 130 Å². The third-order valence-electron chi connectivity index (χ3n) is 4.32. The van der Waals surface area contributed by atoms with Crippen LogP contribution in [0.5, 0.6) is 5.88 Å². The number of aryl methyl sites for hydroxylation is 1. The summed E-state index contributed by atoms with van der Waals surface area (Å²) in [5.41, 5.74) is 6.99. The predicted molar refractivity (Wildman–Crippen MR) is 109 cm³/mol. The Morgan fingerprint density at radius 2 is 2.10 bits per heavy atom. The number of nitrogens with zero attached hydrogens (tertiary/aromatic N) is 2. The number of ether oxygens (including phenoxy) is 1. The smallest absolute Gasteiger partial charge is 0.232 e. The number of hydrogen-bond acceptors (Lipinski definition) is 7. The van der Waals surface area contributed by atoms with Gasteiger partial charge in [-0.15, -0.1) is 0 Å². The number of carbonyl (C=O) groups is 1. The minimum atomic E-state index is -2.36. The first kappa shape index (κ1) is 21.9. The first-order chi connectivity index (χ1) is 14.5. The summed E-state index contributed by atoms with van der Waals surface area (Å²) < 4.78 is 43.5. The Morgan fingerprint density at radius 1 is 1.27 bits per heavy atom. The van der Waals surface area contributed by atoms with E-state index in [4.69, 9.17) is 10.5 Å². The minimum Gasteiger partial charge on any atom is -0.760 e. The lowest BCUT2D eigenvalue weighted by molar-refractivity contribution is 0.103. The van der Waals surface area contributed by atoms with Gasteiger partial charge in [-0.25, -0.2) is 19.1 Å². The molecular formula is C20H20FN4O4S-. The molecule has 1 heterocycles. The number of hydrogen-bond donors (Lipinski definition) is 2. The molecule has 1 unspecified atom stereocenters. The van der Waals surface area contributed by atoms with Gasteiger partial charge in [0.15, 0.2) is 5.78 Å². The van der Waals surface area contributed by atoms with Crippen molar-refractivity contribution in [2.45, 2.75) is 12.8 Å². The van der Waals surface area contributed by atoms with E-state index in [9.17, 15) is 17.9 Å². The fraction of sp³-hybridized carbons (Fsp3) is 0.250. The Morgan fingerprint density at radius 3 is 2.87 bits per heavy atom. The molecule has 0 radical (unpaired) electrons. The van der Waals surface area contributed by atoms with Crippen molar-refractivity contribution in [3.63, 3.8) is 0 Å². The highest BCUT2D eigenvalue weighted by Crippen LogP contribution is 2.21. The Hall–Kier alpha value is -2.79. The van der Waals surface area contributed by atoms with Gasteiger partial charge in [0.2, 0.25) is 5.88 Å². The number of aromatic nitrogens is 2. The molecule has 0 amide bonds. The van der Waals surface area contributed by atoms with E-state index in [1.165, 1.54) is 12.3 Å². The van der Waals surface area contributed by atoms with Gasteiger partial charge in [0.25, 0.3) is 0 Å². The highest BCUT2D eigenvalue weighted by Gasteiger charge is 2.17. The number of ketones is 1. The quantitative estimate of drug-likeness (QED) is 0.284. The van der Waals surface area contributed by atoms with Gasteiger partial charge in [0.05, 0.1) is 22.8 Å². The van der Waals surface area contributed by atoms with E-state index < -0.39 is 22.9 Å².